The number of hydrogen-bond acceptors (Lipinski definition) is 4. The molecule has 2 heterocycles. The van der Waals surface area contributed by atoms with Gasteiger partial charge in [0.2, 0.25) is 5.91 Å². The summed E-state index contributed by atoms with van der Waals surface area (Å²) in [5, 5.41) is 6.20. The van der Waals surface area contributed by atoms with Gasteiger partial charge in [0.25, 0.3) is 5.91 Å². The van der Waals surface area contributed by atoms with Crippen LogP contribution in [-0.4, -0.2) is 73.0 Å². The summed E-state index contributed by atoms with van der Waals surface area (Å²) in [6.45, 7) is 8.20. The van der Waals surface area contributed by atoms with Gasteiger partial charge in [-0.25, -0.2) is 4.79 Å². The van der Waals surface area contributed by atoms with Gasteiger partial charge in [-0.2, -0.15) is 0 Å². The van der Waals surface area contributed by atoms with Crippen LogP contribution in [0.2, 0.25) is 0 Å². The van der Waals surface area contributed by atoms with Crippen LogP contribution in [0.15, 0.2) is 18.2 Å². The maximum Gasteiger partial charge on any atom is 0.317 e. The Labute approximate surface area is 215 Å². The molecule has 4 rings (SSSR count). The predicted octanol–water partition coefficient (Wildman–Crippen LogP) is 4.46. The number of nitrogens with one attached hydrogen (secondary N) is 2. The second-order valence-electron chi connectivity index (χ2n) is 11.0. The number of urea groups is 1. The highest BCUT2D eigenvalue weighted by Gasteiger charge is 2.28. The van der Waals surface area contributed by atoms with Crippen molar-refractivity contribution < 1.29 is 14.4 Å². The number of rotatable bonds is 6. The Kier molecular flexibility index (Phi) is 9.10. The Balaban J connectivity index is 1.45. The first kappa shape index (κ1) is 26.3. The van der Waals surface area contributed by atoms with E-state index in [2.05, 4.69) is 15.5 Å². The van der Waals surface area contributed by atoms with E-state index >= 15 is 0 Å². The van der Waals surface area contributed by atoms with E-state index in [1.807, 2.05) is 41.8 Å². The molecular formula is C28H43N5O3. The molecule has 8 heteroatoms. The highest BCUT2D eigenvalue weighted by molar-refractivity contribution is 6.02. The van der Waals surface area contributed by atoms with Crippen LogP contribution in [0.5, 0.6) is 0 Å². The topological polar surface area (TPSA) is 85.0 Å². The lowest BCUT2D eigenvalue weighted by molar-refractivity contribution is -0.116. The van der Waals surface area contributed by atoms with Gasteiger partial charge in [-0.15, -0.1) is 0 Å². The summed E-state index contributed by atoms with van der Waals surface area (Å²) in [7, 11) is 0. The van der Waals surface area contributed by atoms with Crippen molar-refractivity contribution in [2.75, 3.05) is 49.5 Å². The van der Waals surface area contributed by atoms with E-state index in [4.69, 9.17) is 0 Å². The number of anilines is 2. The molecule has 198 valence electrons. The minimum Gasteiger partial charge on any atom is -0.367 e. The van der Waals surface area contributed by atoms with Crippen LogP contribution >= 0.6 is 0 Å². The van der Waals surface area contributed by atoms with Crippen molar-refractivity contribution in [3.05, 3.63) is 23.8 Å². The average Bonchev–Trinajstić information content (AvgIpc) is 2.89. The van der Waals surface area contributed by atoms with Crippen LogP contribution in [0.1, 0.15) is 82.0 Å². The fourth-order valence-corrected chi connectivity index (χ4v) is 5.57. The van der Waals surface area contributed by atoms with Gasteiger partial charge in [-0.05, 0) is 56.2 Å². The molecule has 0 radical (unpaired) electrons. The molecule has 2 N–H and O–H groups in total. The van der Waals surface area contributed by atoms with Crippen molar-refractivity contribution >= 4 is 29.2 Å². The fourth-order valence-electron chi connectivity index (χ4n) is 5.57. The van der Waals surface area contributed by atoms with Crippen LogP contribution in [0.25, 0.3) is 0 Å². The quantitative estimate of drug-likeness (QED) is 0.608. The van der Waals surface area contributed by atoms with Crippen molar-refractivity contribution in [2.45, 2.75) is 77.7 Å². The third-order valence-electron chi connectivity index (χ3n) is 7.59. The highest BCUT2D eigenvalue weighted by Crippen LogP contribution is 2.28. The van der Waals surface area contributed by atoms with Gasteiger partial charge in [0.1, 0.15) is 0 Å². The Morgan fingerprint density at radius 1 is 0.861 bits per heavy atom. The molecule has 0 unspecified atom stereocenters. The Bertz CT molecular complexity index is 914. The third-order valence-corrected chi connectivity index (χ3v) is 7.59. The summed E-state index contributed by atoms with van der Waals surface area (Å²) in [5.74, 6) is 0.263. The molecule has 1 aliphatic carbocycles. The molecule has 3 aliphatic rings. The van der Waals surface area contributed by atoms with Crippen LogP contribution in [0.4, 0.5) is 16.2 Å². The smallest absolute Gasteiger partial charge is 0.317 e. The van der Waals surface area contributed by atoms with Gasteiger partial charge >= 0.3 is 6.03 Å². The molecule has 1 saturated carbocycles. The number of amides is 4. The van der Waals surface area contributed by atoms with E-state index in [1.165, 1.54) is 19.3 Å². The van der Waals surface area contributed by atoms with Crippen LogP contribution in [0.3, 0.4) is 0 Å². The largest absolute Gasteiger partial charge is 0.367 e. The molecule has 0 aromatic heterocycles. The maximum atomic E-state index is 13.6. The van der Waals surface area contributed by atoms with Crippen LogP contribution < -0.4 is 15.5 Å². The molecule has 2 aliphatic heterocycles. The van der Waals surface area contributed by atoms with Crippen LogP contribution in [-0.2, 0) is 4.79 Å². The van der Waals surface area contributed by atoms with Crippen LogP contribution in [0, 0.1) is 5.92 Å². The van der Waals surface area contributed by atoms with Crippen molar-refractivity contribution in [3.63, 3.8) is 0 Å². The normalized spacial score (nSPS) is 19.4. The SMILES string of the molecule is CC(C)CC(=O)Nc1ccc(N2CCN(C(=O)NC3CCCCC3)CC2)c(C(=O)N2CCCCC2)c1. The number of hydrogen-bond donors (Lipinski definition) is 2. The minimum absolute atomic E-state index is 0.0297. The summed E-state index contributed by atoms with van der Waals surface area (Å²) in [6, 6.07) is 6.03. The number of carbonyl (C=O) groups is 3. The molecule has 8 nitrogen and oxygen atoms in total. The molecule has 0 spiro atoms. The van der Waals surface area contributed by atoms with Crippen molar-refractivity contribution in [2.24, 2.45) is 5.92 Å². The Hall–Kier alpha value is -2.77. The van der Waals surface area contributed by atoms with Gasteiger partial charge in [0, 0.05) is 63.1 Å². The standard InChI is InChI=1S/C28H43N5O3/c1-21(2)19-26(34)29-23-11-12-25(24(20-23)27(35)32-13-7-4-8-14-32)31-15-17-33(18-16-31)28(36)30-22-9-5-3-6-10-22/h11-12,20-22H,3-10,13-19H2,1-2H3,(H,29,34)(H,30,36). The van der Waals surface area contributed by atoms with E-state index in [1.54, 1.807) is 0 Å². The molecule has 1 aromatic rings. The maximum absolute atomic E-state index is 13.6. The summed E-state index contributed by atoms with van der Waals surface area (Å²) in [4.78, 5) is 44.8. The van der Waals surface area contributed by atoms with Gasteiger partial charge in [0.05, 0.1) is 5.56 Å². The molecule has 0 bridgehead atoms. The molecule has 36 heavy (non-hydrogen) atoms. The summed E-state index contributed by atoms with van der Waals surface area (Å²) < 4.78 is 0. The van der Waals surface area contributed by atoms with Gasteiger partial charge in [0.15, 0.2) is 0 Å². The molecule has 3 fully saturated rings. The zero-order valence-corrected chi connectivity index (χ0v) is 22.1. The minimum atomic E-state index is -0.0354. The molecule has 4 amide bonds. The first-order valence-electron chi connectivity index (χ1n) is 13.9. The van der Waals surface area contributed by atoms with E-state index in [-0.39, 0.29) is 23.8 Å². The second-order valence-corrected chi connectivity index (χ2v) is 11.0. The average molecular weight is 498 g/mol. The van der Waals surface area contributed by atoms with E-state index in [9.17, 15) is 14.4 Å². The van der Waals surface area contributed by atoms with Crippen molar-refractivity contribution in [3.8, 4) is 0 Å². The second kappa shape index (κ2) is 12.5. The zero-order chi connectivity index (χ0) is 25.5. The number of nitrogens with zero attached hydrogens (tertiary/aromatic N) is 3. The Morgan fingerprint density at radius 2 is 1.53 bits per heavy atom. The number of likely N-dealkylation sites (tertiary alicyclic amines) is 1. The first-order valence-corrected chi connectivity index (χ1v) is 13.9. The zero-order valence-electron chi connectivity index (χ0n) is 22.1. The van der Waals surface area contributed by atoms with Crippen molar-refractivity contribution in [1.82, 2.24) is 15.1 Å². The summed E-state index contributed by atoms with van der Waals surface area (Å²) in [5.41, 5.74) is 2.19. The lowest BCUT2D eigenvalue weighted by Crippen LogP contribution is -2.54. The lowest BCUT2D eigenvalue weighted by Gasteiger charge is -2.38. The van der Waals surface area contributed by atoms with E-state index < -0.39 is 0 Å². The number of piperazine rings is 1. The number of carbonyl (C=O) groups excluding carboxylic acids is 3. The van der Waals surface area contributed by atoms with E-state index in [0.717, 1.165) is 50.9 Å². The molecule has 2 saturated heterocycles. The number of piperidine rings is 1. The monoisotopic (exact) mass is 497 g/mol. The predicted molar refractivity (Wildman–Crippen MR) is 143 cm³/mol. The third kappa shape index (κ3) is 6.92. The van der Waals surface area contributed by atoms with Gasteiger partial charge in [-0.3, -0.25) is 9.59 Å². The fraction of sp³-hybridized carbons (Fsp3) is 0.679. The Morgan fingerprint density at radius 3 is 2.19 bits per heavy atom. The summed E-state index contributed by atoms with van der Waals surface area (Å²) >= 11 is 0. The van der Waals surface area contributed by atoms with Crippen molar-refractivity contribution in [1.29, 1.82) is 0 Å². The molecular weight excluding hydrogens is 454 g/mol. The van der Waals surface area contributed by atoms with Gasteiger partial charge in [-0.1, -0.05) is 33.1 Å². The first-order chi connectivity index (χ1) is 17.4. The molecule has 0 atom stereocenters. The number of benzene rings is 1. The highest BCUT2D eigenvalue weighted by atomic mass is 16.2. The van der Waals surface area contributed by atoms with E-state index in [0.29, 0.717) is 49.9 Å². The lowest BCUT2D eigenvalue weighted by atomic mass is 9.96. The van der Waals surface area contributed by atoms with Gasteiger partial charge < -0.3 is 25.3 Å². The summed E-state index contributed by atoms with van der Waals surface area (Å²) in [6.07, 6.45) is 9.47. The molecule has 1 aromatic carbocycles.